The zero-order chi connectivity index (χ0) is 15.8. The van der Waals surface area contributed by atoms with Gasteiger partial charge in [-0.1, -0.05) is 17.3 Å². The number of aromatic nitrogens is 1. The lowest BCUT2D eigenvalue weighted by atomic mass is 10.1. The number of likely N-dealkylation sites (tertiary alicyclic amines) is 1. The van der Waals surface area contributed by atoms with Gasteiger partial charge in [0, 0.05) is 12.6 Å². The Kier molecular flexibility index (Phi) is 3.44. The lowest BCUT2D eigenvalue weighted by Gasteiger charge is -2.31. The Morgan fingerprint density at radius 3 is 2.91 bits per heavy atom. The van der Waals surface area contributed by atoms with Gasteiger partial charge in [0.25, 0.3) is 5.91 Å². The first-order valence-electron chi connectivity index (χ1n) is 7.84. The fourth-order valence-corrected chi connectivity index (χ4v) is 3.21. The number of aryl methyl sites for hydroxylation is 1. The molecule has 0 N–H and O–H groups in total. The van der Waals surface area contributed by atoms with Crippen molar-refractivity contribution >= 4 is 5.91 Å². The molecule has 120 valence electrons. The van der Waals surface area contributed by atoms with Crippen LogP contribution in [0.25, 0.3) is 0 Å². The van der Waals surface area contributed by atoms with Gasteiger partial charge < -0.3 is 18.9 Å². The lowest BCUT2D eigenvalue weighted by molar-refractivity contribution is -0.142. The summed E-state index contributed by atoms with van der Waals surface area (Å²) < 4.78 is 16.6. The van der Waals surface area contributed by atoms with Crippen LogP contribution < -0.4 is 9.47 Å². The van der Waals surface area contributed by atoms with Gasteiger partial charge in [-0.25, -0.2) is 0 Å². The molecule has 6 nitrogen and oxygen atoms in total. The number of amides is 1. The number of carbonyl (C=O) groups excluding carboxylic acids is 1. The number of carbonyl (C=O) groups is 1. The molecule has 1 aromatic carbocycles. The van der Waals surface area contributed by atoms with Crippen molar-refractivity contribution in [2.24, 2.45) is 0 Å². The highest BCUT2D eigenvalue weighted by Gasteiger charge is 2.38. The van der Waals surface area contributed by atoms with Crippen LogP contribution in [-0.2, 0) is 4.79 Å². The second-order valence-electron chi connectivity index (χ2n) is 5.92. The summed E-state index contributed by atoms with van der Waals surface area (Å²) in [5.41, 5.74) is 0.811. The van der Waals surface area contributed by atoms with Crippen LogP contribution in [0.5, 0.6) is 11.5 Å². The standard InChI is InChI=1S/C17H18N2O4/c1-11-9-12(18-23-11)13-5-4-8-19(13)17(20)16-10-21-14-6-2-3-7-15(14)22-16/h2-3,6-7,9,13,16H,4-5,8,10H2,1H3/t13-,16+/m1/s1. The van der Waals surface area contributed by atoms with Crippen LogP contribution >= 0.6 is 0 Å². The number of rotatable bonds is 2. The molecule has 0 unspecified atom stereocenters. The molecule has 0 bridgehead atoms. The van der Waals surface area contributed by atoms with Gasteiger partial charge in [-0.05, 0) is 31.9 Å². The molecule has 1 saturated heterocycles. The zero-order valence-corrected chi connectivity index (χ0v) is 12.9. The van der Waals surface area contributed by atoms with Gasteiger partial charge in [0.1, 0.15) is 18.1 Å². The topological polar surface area (TPSA) is 64.8 Å². The molecule has 4 rings (SSSR count). The van der Waals surface area contributed by atoms with Crippen molar-refractivity contribution in [1.82, 2.24) is 10.1 Å². The summed E-state index contributed by atoms with van der Waals surface area (Å²) in [5.74, 6) is 2.00. The highest BCUT2D eigenvalue weighted by molar-refractivity contribution is 5.82. The molecule has 3 heterocycles. The van der Waals surface area contributed by atoms with E-state index in [1.54, 1.807) is 0 Å². The van der Waals surface area contributed by atoms with Crippen LogP contribution in [-0.4, -0.2) is 35.2 Å². The fourth-order valence-electron chi connectivity index (χ4n) is 3.21. The van der Waals surface area contributed by atoms with Gasteiger partial charge in [-0.2, -0.15) is 0 Å². The maximum atomic E-state index is 12.9. The average Bonchev–Trinajstić information content (AvgIpc) is 3.22. The van der Waals surface area contributed by atoms with Gasteiger partial charge >= 0.3 is 0 Å². The van der Waals surface area contributed by atoms with E-state index < -0.39 is 6.10 Å². The SMILES string of the molecule is Cc1cc([C@H]2CCCN2C(=O)[C@@H]2COc3ccccc3O2)no1. The minimum atomic E-state index is -0.613. The number of para-hydroxylation sites is 2. The summed E-state index contributed by atoms with van der Waals surface area (Å²) in [6, 6.07) is 9.26. The third-order valence-corrected chi connectivity index (χ3v) is 4.31. The number of nitrogens with zero attached hydrogens (tertiary/aromatic N) is 2. The van der Waals surface area contributed by atoms with Crippen molar-refractivity contribution in [3.8, 4) is 11.5 Å². The molecule has 2 aliphatic rings. The Labute approximate surface area is 134 Å². The van der Waals surface area contributed by atoms with Crippen LogP contribution in [0.2, 0.25) is 0 Å². The van der Waals surface area contributed by atoms with E-state index in [4.69, 9.17) is 14.0 Å². The molecular weight excluding hydrogens is 296 g/mol. The number of hydrogen-bond donors (Lipinski definition) is 0. The van der Waals surface area contributed by atoms with Crippen molar-refractivity contribution in [1.29, 1.82) is 0 Å². The van der Waals surface area contributed by atoms with Crippen molar-refractivity contribution < 1.29 is 18.8 Å². The monoisotopic (exact) mass is 314 g/mol. The highest BCUT2D eigenvalue weighted by Crippen LogP contribution is 2.35. The summed E-state index contributed by atoms with van der Waals surface area (Å²) in [6.45, 7) is 2.79. The second-order valence-corrected chi connectivity index (χ2v) is 5.92. The second kappa shape index (κ2) is 5.61. The highest BCUT2D eigenvalue weighted by atomic mass is 16.6. The van der Waals surface area contributed by atoms with Crippen molar-refractivity contribution in [2.75, 3.05) is 13.2 Å². The summed E-state index contributed by atoms with van der Waals surface area (Å²) in [4.78, 5) is 14.7. The van der Waals surface area contributed by atoms with E-state index in [2.05, 4.69) is 5.16 Å². The van der Waals surface area contributed by atoms with E-state index >= 15 is 0 Å². The van der Waals surface area contributed by atoms with Crippen LogP contribution in [0.3, 0.4) is 0 Å². The Morgan fingerprint density at radius 1 is 1.30 bits per heavy atom. The van der Waals surface area contributed by atoms with Gasteiger partial charge in [0.05, 0.1) is 6.04 Å². The predicted molar refractivity (Wildman–Crippen MR) is 81.3 cm³/mol. The Hall–Kier alpha value is -2.50. The van der Waals surface area contributed by atoms with E-state index in [-0.39, 0.29) is 18.6 Å². The largest absolute Gasteiger partial charge is 0.485 e. The van der Waals surface area contributed by atoms with Crippen molar-refractivity contribution in [3.63, 3.8) is 0 Å². The van der Waals surface area contributed by atoms with Crippen molar-refractivity contribution in [2.45, 2.75) is 31.9 Å². The van der Waals surface area contributed by atoms with Gasteiger partial charge in [0.15, 0.2) is 11.5 Å². The van der Waals surface area contributed by atoms with Crippen LogP contribution in [0.15, 0.2) is 34.9 Å². The quantitative estimate of drug-likeness (QED) is 0.852. The molecule has 23 heavy (non-hydrogen) atoms. The van der Waals surface area contributed by atoms with Gasteiger partial charge in [-0.15, -0.1) is 0 Å². The smallest absolute Gasteiger partial charge is 0.267 e. The summed E-state index contributed by atoms with van der Waals surface area (Å²) in [7, 11) is 0. The number of fused-ring (bicyclic) bond motifs is 1. The molecule has 0 radical (unpaired) electrons. The summed E-state index contributed by atoms with van der Waals surface area (Å²) in [5, 5.41) is 4.07. The Balaban J connectivity index is 1.52. The van der Waals surface area contributed by atoms with Gasteiger partial charge in [-0.3, -0.25) is 4.79 Å². The van der Waals surface area contributed by atoms with E-state index in [1.807, 2.05) is 42.2 Å². The third-order valence-electron chi connectivity index (χ3n) is 4.31. The van der Waals surface area contributed by atoms with Crippen LogP contribution in [0.1, 0.15) is 30.3 Å². The van der Waals surface area contributed by atoms with E-state index in [1.165, 1.54) is 0 Å². The molecule has 2 aliphatic heterocycles. The molecule has 2 atom stereocenters. The average molecular weight is 314 g/mol. The van der Waals surface area contributed by atoms with E-state index in [0.29, 0.717) is 18.0 Å². The normalized spacial score (nSPS) is 23.1. The number of benzene rings is 1. The molecule has 0 saturated carbocycles. The van der Waals surface area contributed by atoms with E-state index in [9.17, 15) is 4.79 Å². The Bertz CT molecular complexity index is 727. The molecule has 1 amide bonds. The molecule has 1 fully saturated rings. The molecule has 6 heteroatoms. The first-order chi connectivity index (χ1) is 11.2. The first-order valence-corrected chi connectivity index (χ1v) is 7.84. The maximum Gasteiger partial charge on any atom is 0.267 e. The summed E-state index contributed by atoms with van der Waals surface area (Å²) in [6.07, 6.45) is 1.23. The van der Waals surface area contributed by atoms with Crippen LogP contribution in [0, 0.1) is 6.92 Å². The molecular formula is C17H18N2O4. The predicted octanol–water partition coefficient (Wildman–Crippen LogP) is 2.49. The fraction of sp³-hybridized carbons (Fsp3) is 0.412. The third kappa shape index (κ3) is 2.54. The zero-order valence-electron chi connectivity index (χ0n) is 12.9. The van der Waals surface area contributed by atoms with Crippen LogP contribution in [0.4, 0.5) is 0 Å². The first kappa shape index (κ1) is 14.1. The molecule has 0 aliphatic carbocycles. The molecule has 1 aromatic heterocycles. The van der Waals surface area contributed by atoms with Crippen molar-refractivity contribution in [3.05, 3.63) is 41.8 Å². The number of hydrogen-bond acceptors (Lipinski definition) is 5. The molecule has 2 aromatic rings. The number of ether oxygens (including phenoxy) is 2. The lowest BCUT2D eigenvalue weighted by Crippen LogP contribution is -2.46. The van der Waals surface area contributed by atoms with Gasteiger partial charge in [0.2, 0.25) is 6.10 Å². The molecule has 0 spiro atoms. The maximum absolute atomic E-state index is 12.9. The minimum Gasteiger partial charge on any atom is -0.485 e. The Morgan fingerprint density at radius 2 is 2.13 bits per heavy atom. The van der Waals surface area contributed by atoms with E-state index in [0.717, 1.165) is 24.3 Å². The summed E-state index contributed by atoms with van der Waals surface area (Å²) >= 11 is 0. The minimum absolute atomic E-state index is 0.0410.